The molecular formula is C16H24ClNO2S. The zero-order chi connectivity index (χ0) is 15.3. The Morgan fingerprint density at radius 1 is 1.24 bits per heavy atom. The van der Waals surface area contributed by atoms with Crippen LogP contribution in [0.4, 0.5) is 5.69 Å². The quantitative estimate of drug-likeness (QED) is 0.800. The van der Waals surface area contributed by atoms with Gasteiger partial charge in [0.25, 0.3) is 0 Å². The summed E-state index contributed by atoms with van der Waals surface area (Å²) in [4.78, 5) is 0.411. The lowest BCUT2D eigenvalue weighted by molar-refractivity contribution is 0.380. The number of benzene rings is 1. The molecule has 0 amide bonds. The number of sulfone groups is 1. The van der Waals surface area contributed by atoms with E-state index < -0.39 is 9.84 Å². The molecule has 1 fully saturated rings. The van der Waals surface area contributed by atoms with Crippen LogP contribution in [0.2, 0.25) is 0 Å². The van der Waals surface area contributed by atoms with Crippen LogP contribution >= 0.6 is 11.6 Å². The molecule has 2 rings (SSSR count). The van der Waals surface area contributed by atoms with Crippen LogP contribution in [0.25, 0.3) is 0 Å². The van der Waals surface area contributed by atoms with Crippen molar-refractivity contribution in [1.29, 1.82) is 0 Å². The highest BCUT2D eigenvalue weighted by molar-refractivity contribution is 7.91. The van der Waals surface area contributed by atoms with Gasteiger partial charge in [-0.05, 0) is 37.3 Å². The van der Waals surface area contributed by atoms with Gasteiger partial charge in [0.2, 0.25) is 0 Å². The van der Waals surface area contributed by atoms with Gasteiger partial charge in [-0.25, -0.2) is 8.42 Å². The molecule has 0 aromatic heterocycles. The van der Waals surface area contributed by atoms with Gasteiger partial charge < -0.3 is 5.32 Å². The highest BCUT2D eigenvalue weighted by Crippen LogP contribution is 2.30. The average molecular weight is 330 g/mol. The number of hydrogen-bond acceptors (Lipinski definition) is 3. The van der Waals surface area contributed by atoms with E-state index in [9.17, 15) is 8.42 Å². The van der Waals surface area contributed by atoms with E-state index >= 15 is 0 Å². The molecule has 0 aliphatic heterocycles. The molecule has 0 spiro atoms. The second-order valence-electron chi connectivity index (χ2n) is 5.76. The lowest BCUT2D eigenvalue weighted by atomic mass is 9.88. The summed E-state index contributed by atoms with van der Waals surface area (Å²) >= 11 is 6.37. The number of nitrogens with one attached hydrogen (secondary N) is 1. The van der Waals surface area contributed by atoms with Gasteiger partial charge in [0, 0.05) is 11.9 Å². The van der Waals surface area contributed by atoms with Crippen LogP contribution in [0.15, 0.2) is 29.2 Å². The normalized spacial score (nSPS) is 23.0. The molecule has 0 bridgehead atoms. The number of alkyl halides is 1. The maximum atomic E-state index is 12.3. The molecule has 1 aromatic carbocycles. The summed E-state index contributed by atoms with van der Waals surface area (Å²) in [6.45, 7) is 2.63. The van der Waals surface area contributed by atoms with Crippen molar-refractivity contribution < 1.29 is 8.42 Å². The zero-order valence-corrected chi connectivity index (χ0v) is 14.1. The maximum absolute atomic E-state index is 12.3. The molecule has 21 heavy (non-hydrogen) atoms. The van der Waals surface area contributed by atoms with Crippen molar-refractivity contribution in [3.8, 4) is 0 Å². The fourth-order valence-electron chi connectivity index (χ4n) is 2.90. The first-order valence-electron chi connectivity index (χ1n) is 7.74. The topological polar surface area (TPSA) is 46.2 Å². The van der Waals surface area contributed by atoms with Crippen molar-refractivity contribution in [2.45, 2.75) is 49.3 Å². The standard InChI is InChI=1S/C16H24ClNO2S/c1-2-11-21(19,20)16-10-6-5-9-15(16)18-12-13-7-3-4-8-14(13)17/h5-6,9-10,13-14,18H,2-4,7-8,11-12H2,1H3. The monoisotopic (exact) mass is 329 g/mol. The number of anilines is 1. The summed E-state index contributed by atoms with van der Waals surface area (Å²) in [5.74, 6) is 0.607. The molecule has 118 valence electrons. The second-order valence-corrected chi connectivity index (χ2v) is 8.39. The van der Waals surface area contributed by atoms with Crippen molar-refractivity contribution >= 4 is 27.1 Å². The van der Waals surface area contributed by atoms with Gasteiger partial charge in [-0.15, -0.1) is 11.6 Å². The van der Waals surface area contributed by atoms with Crippen LogP contribution in [0.5, 0.6) is 0 Å². The minimum atomic E-state index is -3.20. The fourth-order valence-corrected chi connectivity index (χ4v) is 4.78. The number of halogens is 1. The van der Waals surface area contributed by atoms with E-state index in [1.807, 2.05) is 19.1 Å². The van der Waals surface area contributed by atoms with Crippen molar-refractivity contribution in [2.24, 2.45) is 5.92 Å². The molecule has 1 saturated carbocycles. The predicted molar refractivity (Wildman–Crippen MR) is 88.9 cm³/mol. The SMILES string of the molecule is CCCS(=O)(=O)c1ccccc1NCC1CCCCC1Cl. The molecule has 0 heterocycles. The van der Waals surface area contributed by atoms with Crippen molar-refractivity contribution in [2.75, 3.05) is 17.6 Å². The summed E-state index contributed by atoms with van der Waals surface area (Å²) in [5, 5.41) is 3.51. The molecule has 3 nitrogen and oxygen atoms in total. The van der Waals surface area contributed by atoms with Crippen LogP contribution in [-0.2, 0) is 9.84 Å². The summed E-state index contributed by atoms with van der Waals surface area (Å²) in [5.41, 5.74) is 0.709. The fraction of sp³-hybridized carbons (Fsp3) is 0.625. The van der Waals surface area contributed by atoms with Gasteiger partial charge in [0.1, 0.15) is 0 Å². The molecule has 0 radical (unpaired) electrons. The van der Waals surface area contributed by atoms with Gasteiger partial charge in [-0.1, -0.05) is 31.9 Å². The minimum absolute atomic E-state index is 0.188. The molecular weight excluding hydrogens is 306 g/mol. The number of rotatable bonds is 6. The van der Waals surface area contributed by atoms with Crippen LogP contribution in [-0.4, -0.2) is 26.1 Å². The van der Waals surface area contributed by atoms with Crippen LogP contribution < -0.4 is 5.32 Å². The van der Waals surface area contributed by atoms with Crippen molar-refractivity contribution in [1.82, 2.24) is 0 Å². The van der Waals surface area contributed by atoms with E-state index in [4.69, 9.17) is 11.6 Å². The summed E-state index contributed by atoms with van der Waals surface area (Å²) < 4.78 is 24.6. The smallest absolute Gasteiger partial charge is 0.180 e. The molecule has 0 saturated heterocycles. The molecule has 1 aliphatic carbocycles. The molecule has 2 atom stereocenters. The predicted octanol–water partition coefficient (Wildman–Crippen LogP) is 4.08. The van der Waals surface area contributed by atoms with Gasteiger partial charge >= 0.3 is 0 Å². The highest BCUT2D eigenvalue weighted by Gasteiger charge is 2.24. The van der Waals surface area contributed by atoms with E-state index in [0.717, 1.165) is 19.4 Å². The Morgan fingerprint density at radius 3 is 2.67 bits per heavy atom. The lowest BCUT2D eigenvalue weighted by Gasteiger charge is -2.27. The summed E-state index contributed by atoms with van der Waals surface area (Å²) in [6.07, 6.45) is 5.22. The van der Waals surface area contributed by atoms with Gasteiger partial charge in [0.15, 0.2) is 9.84 Å². The Hall–Kier alpha value is -0.740. The number of hydrogen-bond donors (Lipinski definition) is 1. The van der Waals surface area contributed by atoms with Gasteiger partial charge in [-0.3, -0.25) is 0 Å². The van der Waals surface area contributed by atoms with E-state index in [2.05, 4.69) is 5.32 Å². The first-order chi connectivity index (χ1) is 10.0. The van der Waals surface area contributed by atoms with Gasteiger partial charge in [0.05, 0.1) is 16.3 Å². The van der Waals surface area contributed by atoms with Crippen LogP contribution in [0.1, 0.15) is 39.0 Å². The van der Waals surface area contributed by atoms with E-state index in [-0.39, 0.29) is 11.1 Å². The Bertz CT molecular complexity index is 559. The van der Waals surface area contributed by atoms with Crippen LogP contribution in [0.3, 0.4) is 0 Å². The largest absolute Gasteiger partial charge is 0.384 e. The second kappa shape index (κ2) is 7.50. The molecule has 5 heteroatoms. The molecule has 1 aromatic rings. The maximum Gasteiger partial charge on any atom is 0.180 e. The highest BCUT2D eigenvalue weighted by atomic mass is 35.5. The molecule has 1 aliphatic rings. The minimum Gasteiger partial charge on any atom is -0.384 e. The first-order valence-corrected chi connectivity index (χ1v) is 9.83. The van der Waals surface area contributed by atoms with E-state index in [0.29, 0.717) is 22.9 Å². The van der Waals surface area contributed by atoms with E-state index in [1.54, 1.807) is 12.1 Å². The first kappa shape index (κ1) is 16.6. The van der Waals surface area contributed by atoms with Crippen molar-refractivity contribution in [3.05, 3.63) is 24.3 Å². The number of para-hydroxylation sites is 1. The van der Waals surface area contributed by atoms with E-state index in [1.165, 1.54) is 12.8 Å². The Labute approximate surface area is 133 Å². The Morgan fingerprint density at radius 2 is 1.95 bits per heavy atom. The summed E-state index contributed by atoms with van der Waals surface area (Å²) in [7, 11) is -3.20. The third-order valence-electron chi connectivity index (χ3n) is 4.07. The average Bonchev–Trinajstić information content (AvgIpc) is 2.47. The molecule has 2 unspecified atom stereocenters. The van der Waals surface area contributed by atoms with Crippen LogP contribution in [0, 0.1) is 5.92 Å². The zero-order valence-electron chi connectivity index (χ0n) is 12.5. The summed E-state index contributed by atoms with van der Waals surface area (Å²) in [6, 6.07) is 7.17. The van der Waals surface area contributed by atoms with Crippen molar-refractivity contribution in [3.63, 3.8) is 0 Å². The Kier molecular flexibility index (Phi) is 5.94. The third kappa shape index (κ3) is 4.36. The van der Waals surface area contributed by atoms with Gasteiger partial charge in [-0.2, -0.15) is 0 Å². The lowest BCUT2D eigenvalue weighted by Crippen LogP contribution is -2.27. The molecule has 1 N–H and O–H groups in total. The third-order valence-corrected chi connectivity index (χ3v) is 6.61. The Balaban J connectivity index is 2.10.